The summed E-state index contributed by atoms with van der Waals surface area (Å²) in [5, 5.41) is 0. The maximum Gasteiger partial charge on any atom is 0.119 e. The Morgan fingerprint density at radius 1 is 0.727 bits per heavy atom. The van der Waals surface area contributed by atoms with Crippen LogP contribution < -0.4 is 0 Å². The van der Waals surface area contributed by atoms with E-state index in [1.807, 2.05) is 0 Å². The Kier molecular flexibility index (Phi) is 7.40. The van der Waals surface area contributed by atoms with Crippen LogP contribution in [-0.4, -0.2) is 17.7 Å². The van der Waals surface area contributed by atoms with Crippen LogP contribution in [0.2, 0.25) is 0 Å². The summed E-state index contributed by atoms with van der Waals surface area (Å²) in [6.07, 6.45) is 4.99. The van der Waals surface area contributed by atoms with Crippen LogP contribution in [0.4, 0.5) is 0 Å². The van der Waals surface area contributed by atoms with Gasteiger partial charge in [0, 0.05) is 19.5 Å². The van der Waals surface area contributed by atoms with E-state index in [4.69, 9.17) is 0 Å². The van der Waals surface area contributed by atoms with E-state index in [1.54, 1.807) is 0 Å². The Labute approximate surface area is 133 Å². The van der Waals surface area contributed by atoms with E-state index in [0.717, 1.165) is 45.2 Å². The number of rotatable bonds is 10. The van der Waals surface area contributed by atoms with Crippen molar-refractivity contribution in [2.24, 2.45) is 0 Å². The van der Waals surface area contributed by atoms with Gasteiger partial charge in [0.15, 0.2) is 0 Å². The molecule has 0 saturated carbocycles. The molecule has 0 aliphatic carbocycles. The fraction of sp³-hybridized carbons (Fsp3) is 0.350. The molecule has 0 aromatic heterocycles. The van der Waals surface area contributed by atoms with Crippen molar-refractivity contribution < 1.29 is 4.79 Å². The number of hydrogen-bond acceptors (Lipinski definition) is 2. The average Bonchev–Trinajstić information content (AvgIpc) is 2.56. The van der Waals surface area contributed by atoms with E-state index in [0.29, 0.717) is 6.42 Å². The molecule has 116 valence electrons. The van der Waals surface area contributed by atoms with Crippen LogP contribution in [-0.2, 0) is 17.9 Å². The van der Waals surface area contributed by atoms with E-state index in [2.05, 4.69) is 65.6 Å². The van der Waals surface area contributed by atoms with Crippen molar-refractivity contribution in [2.45, 2.75) is 38.8 Å². The first-order chi connectivity index (χ1) is 10.9. The molecular formula is C20H25NO. The van der Waals surface area contributed by atoms with Gasteiger partial charge in [-0.2, -0.15) is 0 Å². The molecule has 2 heteroatoms. The summed E-state index contributed by atoms with van der Waals surface area (Å²) < 4.78 is 0. The minimum atomic E-state index is 0.692. The number of nitrogens with zero attached hydrogens (tertiary/aromatic N) is 1. The summed E-state index contributed by atoms with van der Waals surface area (Å²) in [7, 11) is 0. The lowest BCUT2D eigenvalue weighted by molar-refractivity contribution is -0.107. The molecule has 0 radical (unpaired) electrons. The summed E-state index contributed by atoms with van der Waals surface area (Å²) in [5.41, 5.74) is 2.71. The molecule has 0 saturated heterocycles. The third-order valence-corrected chi connectivity index (χ3v) is 3.79. The SMILES string of the molecule is O=CCCCCCN(Cc1ccccc1)Cc1ccccc1. The number of aldehydes is 1. The van der Waals surface area contributed by atoms with Crippen LogP contribution in [0.1, 0.15) is 36.8 Å². The van der Waals surface area contributed by atoms with Gasteiger partial charge >= 0.3 is 0 Å². The minimum absolute atomic E-state index is 0.692. The highest BCUT2D eigenvalue weighted by molar-refractivity contribution is 5.48. The number of benzene rings is 2. The van der Waals surface area contributed by atoms with Gasteiger partial charge in [0.1, 0.15) is 6.29 Å². The Morgan fingerprint density at radius 3 is 1.77 bits per heavy atom. The number of unbranched alkanes of at least 4 members (excludes halogenated alkanes) is 3. The monoisotopic (exact) mass is 295 g/mol. The van der Waals surface area contributed by atoms with E-state index in [9.17, 15) is 4.79 Å². The van der Waals surface area contributed by atoms with Crippen molar-refractivity contribution in [3.05, 3.63) is 71.8 Å². The molecule has 2 aromatic rings. The van der Waals surface area contributed by atoms with Crippen molar-refractivity contribution in [3.8, 4) is 0 Å². The quantitative estimate of drug-likeness (QED) is 0.477. The van der Waals surface area contributed by atoms with Crippen molar-refractivity contribution in [2.75, 3.05) is 6.54 Å². The fourth-order valence-electron chi connectivity index (χ4n) is 2.64. The Bertz CT molecular complexity index is 482. The summed E-state index contributed by atoms with van der Waals surface area (Å²) in [6, 6.07) is 21.2. The van der Waals surface area contributed by atoms with E-state index < -0.39 is 0 Å². The molecule has 0 aliphatic heterocycles. The standard InChI is InChI=1S/C20H25NO/c22-16-10-2-1-9-15-21(17-19-11-5-3-6-12-19)18-20-13-7-4-8-14-20/h3-8,11-14,16H,1-2,9-10,15,17-18H2. The first-order valence-electron chi connectivity index (χ1n) is 8.12. The van der Waals surface area contributed by atoms with Crippen molar-refractivity contribution in [3.63, 3.8) is 0 Å². The maximum atomic E-state index is 10.4. The highest BCUT2D eigenvalue weighted by Crippen LogP contribution is 2.11. The summed E-state index contributed by atoms with van der Waals surface area (Å²) >= 11 is 0. The Balaban J connectivity index is 1.89. The lowest BCUT2D eigenvalue weighted by Gasteiger charge is -2.22. The van der Waals surface area contributed by atoms with Crippen LogP contribution in [0.15, 0.2) is 60.7 Å². The van der Waals surface area contributed by atoms with Crippen LogP contribution in [0.5, 0.6) is 0 Å². The smallest absolute Gasteiger partial charge is 0.119 e. The third-order valence-electron chi connectivity index (χ3n) is 3.79. The third kappa shape index (κ3) is 6.23. The highest BCUT2D eigenvalue weighted by atomic mass is 16.1. The van der Waals surface area contributed by atoms with Gasteiger partial charge in [-0.25, -0.2) is 0 Å². The van der Waals surface area contributed by atoms with Gasteiger partial charge < -0.3 is 4.79 Å². The number of hydrogen-bond donors (Lipinski definition) is 0. The second kappa shape index (κ2) is 9.91. The summed E-state index contributed by atoms with van der Waals surface area (Å²) in [4.78, 5) is 12.9. The zero-order valence-corrected chi connectivity index (χ0v) is 13.2. The molecule has 2 rings (SSSR count). The molecule has 2 nitrogen and oxygen atoms in total. The lowest BCUT2D eigenvalue weighted by Crippen LogP contribution is -2.24. The number of carbonyl (C=O) groups is 1. The van der Waals surface area contributed by atoms with Crippen LogP contribution in [0, 0.1) is 0 Å². The first kappa shape index (κ1) is 16.4. The van der Waals surface area contributed by atoms with Crippen molar-refractivity contribution >= 4 is 6.29 Å². The molecule has 22 heavy (non-hydrogen) atoms. The zero-order chi connectivity index (χ0) is 15.5. The summed E-state index contributed by atoms with van der Waals surface area (Å²) in [6.45, 7) is 3.02. The molecule has 0 atom stereocenters. The van der Waals surface area contributed by atoms with Crippen molar-refractivity contribution in [1.82, 2.24) is 4.90 Å². The van der Waals surface area contributed by atoms with Gasteiger partial charge in [-0.05, 0) is 30.5 Å². The fourth-order valence-corrected chi connectivity index (χ4v) is 2.64. The molecule has 0 heterocycles. The van der Waals surface area contributed by atoms with Crippen LogP contribution in [0.3, 0.4) is 0 Å². The van der Waals surface area contributed by atoms with Gasteiger partial charge in [0.2, 0.25) is 0 Å². The maximum absolute atomic E-state index is 10.4. The minimum Gasteiger partial charge on any atom is -0.303 e. The van der Waals surface area contributed by atoms with Gasteiger partial charge in [-0.15, -0.1) is 0 Å². The molecule has 0 fully saturated rings. The largest absolute Gasteiger partial charge is 0.303 e. The van der Waals surface area contributed by atoms with Crippen molar-refractivity contribution in [1.29, 1.82) is 0 Å². The molecule has 0 spiro atoms. The average molecular weight is 295 g/mol. The van der Waals surface area contributed by atoms with E-state index >= 15 is 0 Å². The molecule has 2 aromatic carbocycles. The summed E-state index contributed by atoms with van der Waals surface area (Å²) in [5.74, 6) is 0. The molecule has 0 amide bonds. The molecule has 0 unspecified atom stereocenters. The predicted molar refractivity (Wildman–Crippen MR) is 91.5 cm³/mol. The van der Waals surface area contributed by atoms with E-state index in [1.165, 1.54) is 11.1 Å². The van der Waals surface area contributed by atoms with Gasteiger partial charge in [0.25, 0.3) is 0 Å². The van der Waals surface area contributed by atoms with Crippen LogP contribution >= 0.6 is 0 Å². The lowest BCUT2D eigenvalue weighted by atomic mass is 10.1. The first-order valence-corrected chi connectivity index (χ1v) is 8.12. The van der Waals surface area contributed by atoms with Crippen LogP contribution in [0.25, 0.3) is 0 Å². The van der Waals surface area contributed by atoms with Gasteiger partial charge in [-0.3, -0.25) is 4.90 Å². The van der Waals surface area contributed by atoms with E-state index in [-0.39, 0.29) is 0 Å². The zero-order valence-electron chi connectivity index (χ0n) is 13.2. The predicted octanol–water partition coefficient (Wildman–Crippen LogP) is 4.45. The number of carbonyl (C=O) groups excluding carboxylic acids is 1. The topological polar surface area (TPSA) is 20.3 Å². The molecule has 0 aliphatic rings. The Hall–Kier alpha value is -1.93. The Morgan fingerprint density at radius 2 is 1.27 bits per heavy atom. The second-order valence-corrected chi connectivity index (χ2v) is 5.70. The highest BCUT2D eigenvalue weighted by Gasteiger charge is 2.07. The molecule has 0 bridgehead atoms. The van der Waals surface area contributed by atoms with Gasteiger partial charge in [0.05, 0.1) is 0 Å². The molecule has 0 N–H and O–H groups in total. The normalized spacial score (nSPS) is 10.8. The van der Waals surface area contributed by atoms with Gasteiger partial charge in [-0.1, -0.05) is 67.1 Å². The second-order valence-electron chi connectivity index (χ2n) is 5.70. The molecular weight excluding hydrogens is 270 g/mol.